The number of rotatable bonds is 9. The average Bonchev–Trinajstić information content (AvgIpc) is 3.36. The van der Waals surface area contributed by atoms with Crippen molar-refractivity contribution in [2.24, 2.45) is 5.73 Å². The van der Waals surface area contributed by atoms with Crippen LogP contribution < -0.4 is 19.9 Å². The molecule has 1 saturated heterocycles. The third-order valence-electron chi connectivity index (χ3n) is 6.36. The van der Waals surface area contributed by atoms with Gasteiger partial charge in [0.1, 0.15) is 12.2 Å². The smallest absolute Gasteiger partial charge is 0.252 e. The van der Waals surface area contributed by atoms with E-state index in [1.165, 1.54) is 0 Å². The van der Waals surface area contributed by atoms with Crippen LogP contribution in [0.3, 0.4) is 0 Å². The van der Waals surface area contributed by atoms with Crippen molar-refractivity contribution in [2.75, 3.05) is 33.3 Å². The second-order valence-electron chi connectivity index (χ2n) is 8.71. The van der Waals surface area contributed by atoms with Crippen molar-refractivity contribution in [3.8, 4) is 17.2 Å². The topological polar surface area (TPSA) is 102 Å². The standard InChI is InChI=1S/C24H34N2O7/c1-6-26(7-2)19-14(9-10-16-20(19)33-24(4,5)32-16)15-11-17-21(31-13-29-17)22(18(15)23(25)27)30-12-28-8-3/h9-11,14,16,19-20H,6-8,12-13H2,1-5H3,(H2,25,27)/t14-,16-,19-,20-/m1/s1. The van der Waals surface area contributed by atoms with Gasteiger partial charge in [-0.2, -0.15) is 0 Å². The van der Waals surface area contributed by atoms with Crippen LogP contribution in [0.1, 0.15) is 56.5 Å². The molecular formula is C24H34N2O7. The third kappa shape index (κ3) is 4.42. The molecule has 0 saturated carbocycles. The fraction of sp³-hybridized carbons (Fsp3) is 0.625. The van der Waals surface area contributed by atoms with Gasteiger partial charge in [0.15, 0.2) is 24.1 Å². The van der Waals surface area contributed by atoms with Crippen molar-refractivity contribution in [3.63, 3.8) is 0 Å². The van der Waals surface area contributed by atoms with Gasteiger partial charge in [-0.15, -0.1) is 0 Å². The maximum absolute atomic E-state index is 12.8. The molecule has 0 radical (unpaired) electrons. The van der Waals surface area contributed by atoms with Crippen molar-refractivity contribution in [2.45, 2.75) is 64.6 Å². The van der Waals surface area contributed by atoms with E-state index in [4.69, 9.17) is 34.2 Å². The lowest BCUT2D eigenvalue weighted by Gasteiger charge is -2.42. The van der Waals surface area contributed by atoms with Gasteiger partial charge in [-0.1, -0.05) is 26.0 Å². The maximum Gasteiger partial charge on any atom is 0.252 e. The number of ether oxygens (including phenoxy) is 6. The van der Waals surface area contributed by atoms with E-state index in [-0.39, 0.29) is 49.1 Å². The fourth-order valence-corrected chi connectivity index (χ4v) is 5.02. The molecule has 1 fully saturated rings. The molecule has 1 amide bonds. The minimum atomic E-state index is -0.701. The molecule has 2 aliphatic heterocycles. The molecule has 0 bridgehead atoms. The number of carbonyl (C=O) groups excluding carboxylic acids is 1. The molecule has 2 N–H and O–H groups in total. The number of hydrogen-bond donors (Lipinski definition) is 1. The van der Waals surface area contributed by atoms with E-state index in [2.05, 4.69) is 24.8 Å². The molecule has 1 aliphatic carbocycles. The number of primary amides is 1. The van der Waals surface area contributed by atoms with Crippen LogP contribution in [-0.2, 0) is 14.2 Å². The molecule has 0 unspecified atom stereocenters. The Labute approximate surface area is 194 Å². The van der Waals surface area contributed by atoms with Crippen molar-refractivity contribution in [1.29, 1.82) is 0 Å². The largest absolute Gasteiger partial charge is 0.463 e. The Hall–Kier alpha value is -2.33. The monoisotopic (exact) mass is 462 g/mol. The molecule has 0 aromatic heterocycles. The van der Waals surface area contributed by atoms with Crippen LogP contribution in [0.25, 0.3) is 0 Å². The first kappa shape index (κ1) is 23.8. The average molecular weight is 463 g/mol. The molecule has 2 heterocycles. The molecule has 1 aromatic rings. The normalized spacial score (nSPS) is 27.1. The van der Waals surface area contributed by atoms with Crippen LogP contribution in [0, 0.1) is 0 Å². The van der Waals surface area contributed by atoms with Gasteiger partial charge >= 0.3 is 0 Å². The highest BCUT2D eigenvalue weighted by Gasteiger charge is 2.50. The zero-order chi connectivity index (χ0) is 23.8. The third-order valence-corrected chi connectivity index (χ3v) is 6.36. The van der Waals surface area contributed by atoms with Gasteiger partial charge in [0.2, 0.25) is 12.5 Å². The minimum absolute atomic E-state index is 0.0359. The van der Waals surface area contributed by atoms with Crippen LogP contribution in [0.15, 0.2) is 18.2 Å². The van der Waals surface area contributed by atoms with E-state index in [9.17, 15) is 4.79 Å². The van der Waals surface area contributed by atoms with Gasteiger partial charge in [-0.05, 0) is 45.5 Å². The summed E-state index contributed by atoms with van der Waals surface area (Å²) in [6.07, 6.45) is 3.70. The minimum Gasteiger partial charge on any atom is -0.463 e. The molecule has 9 nitrogen and oxygen atoms in total. The zero-order valence-electron chi connectivity index (χ0n) is 20.0. The zero-order valence-corrected chi connectivity index (χ0v) is 20.0. The summed E-state index contributed by atoms with van der Waals surface area (Å²) in [6.45, 7) is 12.0. The van der Waals surface area contributed by atoms with Gasteiger partial charge in [-0.3, -0.25) is 9.69 Å². The molecule has 4 atom stereocenters. The van der Waals surface area contributed by atoms with Crippen LogP contribution >= 0.6 is 0 Å². The molecule has 1 aromatic carbocycles. The highest BCUT2D eigenvalue weighted by Crippen LogP contribution is 2.50. The van der Waals surface area contributed by atoms with Gasteiger partial charge in [0, 0.05) is 18.6 Å². The van der Waals surface area contributed by atoms with Crippen LogP contribution in [-0.4, -0.2) is 68.1 Å². The number of hydrogen-bond acceptors (Lipinski definition) is 8. The van der Waals surface area contributed by atoms with E-state index in [0.29, 0.717) is 23.7 Å². The van der Waals surface area contributed by atoms with Gasteiger partial charge in [-0.25, -0.2) is 0 Å². The first-order valence-electron chi connectivity index (χ1n) is 11.6. The molecule has 0 spiro atoms. The van der Waals surface area contributed by atoms with Gasteiger partial charge in [0.25, 0.3) is 5.91 Å². The van der Waals surface area contributed by atoms with E-state index in [1.54, 1.807) is 0 Å². The van der Waals surface area contributed by atoms with E-state index in [0.717, 1.165) is 13.1 Å². The van der Waals surface area contributed by atoms with Crippen molar-refractivity contribution in [1.82, 2.24) is 4.90 Å². The lowest BCUT2D eigenvalue weighted by atomic mass is 9.78. The lowest BCUT2D eigenvalue weighted by Crippen LogP contribution is -2.52. The van der Waals surface area contributed by atoms with Crippen molar-refractivity contribution < 1.29 is 33.2 Å². The van der Waals surface area contributed by atoms with Crippen molar-refractivity contribution in [3.05, 3.63) is 29.3 Å². The SMILES string of the molecule is CCOCOc1c2c(cc([C@H]3C=C[C@H]4OC(C)(C)O[C@H]4[C@@H]3N(CC)CC)c1C(N)=O)OCO2. The molecule has 3 aliphatic rings. The van der Waals surface area contributed by atoms with Gasteiger partial charge in [0.05, 0.1) is 5.56 Å². The first-order chi connectivity index (χ1) is 15.8. The van der Waals surface area contributed by atoms with Crippen LogP contribution in [0.2, 0.25) is 0 Å². The summed E-state index contributed by atoms with van der Waals surface area (Å²) in [5.41, 5.74) is 6.88. The summed E-state index contributed by atoms with van der Waals surface area (Å²) in [5.74, 6) is -0.390. The van der Waals surface area contributed by atoms with Crippen LogP contribution in [0.4, 0.5) is 0 Å². The Morgan fingerprint density at radius 3 is 2.61 bits per heavy atom. The van der Waals surface area contributed by atoms with E-state index >= 15 is 0 Å². The van der Waals surface area contributed by atoms with E-state index in [1.807, 2.05) is 32.9 Å². The molecule has 182 valence electrons. The number of amides is 1. The van der Waals surface area contributed by atoms with Crippen LogP contribution in [0.5, 0.6) is 17.2 Å². The number of nitrogens with zero attached hydrogens (tertiary/aromatic N) is 1. The molecule has 4 rings (SSSR count). The molecule has 33 heavy (non-hydrogen) atoms. The summed E-state index contributed by atoms with van der Waals surface area (Å²) in [6, 6.07) is 1.75. The second kappa shape index (κ2) is 9.50. The second-order valence-corrected chi connectivity index (χ2v) is 8.71. The number of fused-ring (bicyclic) bond motifs is 2. The predicted molar refractivity (Wildman–Crippen MR) is 121 cm³/mol. The Bertz CT molecular complexity index is 913. The summed E-state index contributed by atoms with van der Waals surface area (Å²) in [7, 11) is 0. The Kier molecular flexibility index (Phi) is 6.86. The predicted octanol–water partition coefficient (Wildman–Crippen LogP) is 2.77. The van der Waals surface area contributed by atoms with Gasteiger partial charge < -0.3 is 34.2 Å². The lowest BCUT2D eigenvalue weighted by molar-refractivity contribution is -0.149. The summed E-state index contributed by atoms with van der Waals surface area (Å²) < 4.78 is 35.0. The number of carbonyl (C=O) groups is 1. The summed E-state index contributed by atoms with van der Waals surface area (Å²) >= 11 is 0. The first-order valence-corrected chi connectivity index (χ1v) is 11.6. The fourth-order valence-electron chi connectivity index (χ4n) is 5.02. The summed E-state index contributed by atoms with van der Waals surface area (Å²) in [5, 5.41) is 0. The molecular weight excluding hydrogens is 428 g/mol. The maximum atomic E-state index is 12.8. The number of benzene rings is 1. The quantitative estimate of drug-likeness (QED) is 0.340. The number of likely N-dealkylation sites (N-methyl/N-ethyl adjacent to an activating group) is 1. The van der Waals surface area contributed by atoms with Crippen molar-refractivity contribution >= 4 is 5.91 Å². The molecule has 9 heteroatoms. The summed E-state index contributed by atoms with van der Waals surface area (Å²) in [4.78, 5) is 15.1. The Morgan fingerprint density at radius 1 is 1.18 bits per heavy atom. The highest BCUT2D eigenvalue weighted by molar-refractivity contribution is 5.99. The highest BCUT2D eigenvalue weighted by atomic mass is 16.8. The Balaban J connectivity index is 1.85. The van der Waals surface area contributed by atoms with E-state index < -0.39 is 11.7 Å². The number of nitrogens with two attached hydrogens (primary N) is 1. The Morgan fingerprint density at radius 2 is 1.94 bits per heavy atom.